The highest BCUT2D eigenvalue weighted by Crippen LogP contribution is 2.26. The summed E-state index contributed by atoms with van der Waals surface area (Å²) in [4.78, 5) is 2.03. The molecule has 78 valence electrons. The van der Waals surface area contributed by atoms with Crippen LogP contribution in [0.1, 0.15) is 6.42 Å². The second-order valence-electron chi connectivity index (χ2n) is 3.10. The lowest BCUT2D eigenvalue weighted by molar-refractivity contribution is 0.290. The Balaban J connectivity index is 2.70. The molecule has 4 heteroatoms. The van der Waals surface area contributed by atoms with Crippen molar-refractivity contribution in [1.29, 1.82) is 0 Å². The van der Waals surface area contributed by atoms with Gasteiger partial charge in [-0.25, -0.2) is 0 Å². The molecule has 0 aliphatic rings. The molecule has 14 heavy (non-hydrogen) atoms. The summed E-state index contributed by atoms with van der Waals surface area (Å²) in [6.07, 6.45) is 0.747. The Morgan fingerprint density at radius 2 is 2.00 bits per heavy atom. The van der Waals surface area contributed by atoms with Crippen LogP contribution in [0, 0.1) is 0 Å². The van der Waals surface area contributed by atoms with Crippen LogP contribution < -0.4 is 4.90 Å². The first-order valence-electron chi connectivity index (χ1n) is 4.42. The number of benzene rings is 1. The van der Waals surface area contributed by atoms with Crippen LogP contribution in [0.2, 0.25) is 10.0 Å². The number of aliphatic hydroxyl groups is 1. The van der Waals surface area contributed by atoms with Crippen LogP contribution in [-0.2, 0) is 0 Å². The molecule has 0 aliphatic carbocycles. The van der Waals surface area contributed by atoms with E-state index in [1.807, 2.05) is 24.1 Å². The minimum atomic E-state index is 0.200. The van der Waals surface area contributed by atoms with E-state index in [0.29, 0.717) is 10.0 Å². The fourth-order valence-electron chi connectivity index (χ4n) is 1.16. The predicted octanol–water partition coefficient (Wildman–Crippen LogP) is 2.81. The van der Waals surface area contributed by atoms with Crippen LogP contribution in [-0.4, -0.2) is 25.3 Å². The summed E-state index contributed by atoms with van der Waals surface area (Å²) < 4.78 is 0. The van der Waals surface area contributed by atoms with E-state index < -0.39 is 0 Å². The van der Waals surface area contributed by atoms with Gasteiger partial charge in [0.25, 0.3) is 0 Å². The van der Waals surface area contributed by atoms with Gasteiger partial charge in [0, 0.05) is 25.9 Å². The topological polar surface area (TPSA) is 23.5 Å². The van der Waals surface area contributed by atoms with Crippen LogP contribution in [0.25, 0.3) is 0 Å². The summed E-state index contributed by atoms with van der Waals surface area (Å²) in [7, 11) is 1.95. The first kappa shape index (κ1) is 11.6. The Hall–Kier alpha value is -0.440. The molecule has 2 nitrogen and oxygen atoms in total. The van der Waals surface area contributed by atoms with Crippen LogP contribution in [0.15, 0.2) is 18.2 Å². The maximum Gasteiger partial charge on any atom is 0.0612 e. The summed E-state index contributed by atoms with van der Waals surface area (Å²) in [5, 5.41) is 9.80. The van der Waals surface area contributed by atoms with E-state index in [1.165, 1.54) is 0 Å². The first-order chi connectivity index (χ1) is 6.65. The van der Waals surface area contributed by atoms with Gasteiger partial charge >= 0.3 is 0 Å². The van der Waals surface area contributed by atoms with Gasteiger partial charge in [0.05, 0.1) is 10.0 Å². The zero-order valence-corrected chi connectivity index (χ0v) is 9.52. The summed E-state index contributed by atoms with van der Waals surface area (Å²) in [6.45, 7) is 1.00. The minimum absolute atomic E-state index is 0.200. The average Bonchev–Trinajstić information content (AvgIpc) is 2.18. The third kappa shape index (κ3) is 3.05. The van der Waals surface area contributed by atoms with E-state index in [-0.39, 0.29) is 6.61 Å². The third-order valence-corrected chi connectivity index (χ3v) is 2.73. The molecule has 0 atom stereocenters. The van der Waals surface area contributed by atoms with Crippen molar-refractivity contribution in [2.24, 2.45) is 0 Å². The van der Waals surface area contributed by atoms with E-state index in [4.69, 9.17) is 28.3 Å². The van der Waals surface area contributed by atoms with Gasteiger partial charge in [-0.15, -0.1) is 0 Å². The number of hydrogen-bond acceptors (Lipinski definition) is 2. The quantitative estimate of drug-likeness (QED) is 0.865. The Kier molecular flexibility index (Phi) is 4.52. The average molecular weight is 234 g/mol. The largest absolute Gasteiger partial charge is 0.396 e. The SMILES string of the molecule is CN(CCCO)c1ccc(Cl)c(Cl)c1. The zero-order valence-electron chi connectivity index (χ0n) is 8.00. The standard InChI is InChI=1S/C10H13Cl2NO/c1-13(5-2-6-14)8-3-4-9(11)10(12)7-8/h3-4,7,14H,2,5-6H2,1H3. The lowest BCUT2D eigenvalue weighted by atomic mass is 10.3. The van der Waals surface area contributed by atoms with Crippen molar-refractivity contribution in [1.82, 2.24) is 0 Å². The van der Waals surface area contributed by atoms with Crippen molar-refractivity contribution < 1.29 is 5.11 Å². The number of anilines is 1. The molecule has 0 bridgehead atoms. The molecule has 1 aromatic rings. The number of nitrogens with zero attached hydrogens (tertiary/aromatic N) is 1. The van der Waals surface area contributed by atoms with Crippen molar-refractivity contribution in [2.75, 3.05) is 25.1 Å². The smallest absolute Gasteiger partial charge is 0.0612 e. The van der Waals surface area contributed by atoms with Crippen LogP contribution in [0.5, 0.6) is 0 Å². The van der Waals surface area contributed by atoms with Crippen molar-refractivity contribution in [3.05, 3.63) is 28.2 Å². The maximum absolute atomic E-state index is 8.69. The van der Waals surface area contributed by atoms with Gasteiger partial charge in [0.15, 0.2) is 0 Å². The minimum Gasteiger partial charge on any atom is -0.396 e. The number of halogens is 2. The van der Waals surface area contributed by atoms with Gasteiger partial charge < -0.3 is 10.0 Å². The summed E-state index contributed by atoms with van der Waals surface area (Å²) in [5.41, 5.74) is 1.01. The van der Waals surface area contributed by atoms with Gasteiger partial charge in [-0.2, -0.15) is 0 Å². The van der Waals surface area contributed by atoms with E-state index in [0.717, 1.165) is 18.7 Å². The molecular formula is C10H13Cl2NO. The highest BCUT2D eigenvalue weighted by atomic mass is 35.5. The third-order valence-electron chi connectivity index (χ3n) is 2.00. The molecule has 0 saturated heterocycles. The fraction of sp³-hybridized carbons (Fsp3) is 0.400. The molecule has 1 rings (SSSR count). The summed E-state index contributed by atoms with van der Waals surface area (Å²) in [6, 6.07) is 5.50. The molecule has 0 unspecified atom stereocenters. The van der Waals surface area contributed by atoms with E-state index in [9.17, 15) is 0 Å². The lowest BCUT2D eigenvalue weighted by Gasteiger charge is -2.19. The van der Waals surface area contributed by atoms with Crippen LogP contribution >= 0.6 is 23.2 Å². The molecule has 1 aromatic carbocycles. The van der Waals surface area contributed by atoms with E-state index in [2.05, 4.69) is 0 Å². The van der Waals surface area contributed by atoms with Gasteiger partial charge in [0.1, 0.15) is 0 Å². The second kappa shape index (κ2) is 5.44. The fourth-order valence-corrected chi connectivity index (χ4v) is 1.45. The van der Waals surface area contributed by atoms with E-state index in [1.54, 1.807) is 6.07 Å². The molecule has 0 amide bonds. The number of rotatable bonds is 4. The number of aliphatic hydroxyl groups excluding tert-OH is 1. The second-order valence-corrected chi connectivity index (χ2v) is 3.91. The Labute approximate surface area is 94.1 Å². The maximum atomic E-state index is 8.69. The van der Waals surface area contributed by atoms with Crippen LogP contribution in [0.4, 0.5) is 5.69 Å². The van der Waals surface area contributed by atoms with Crippen molar-refractivity contribution in [3.8, 4) is 0 Å². The molecule has 0 saturated carbocycles. The van der Waals surface area contributed by atoms with Gasteiger partial charge in [-0.05, 0) is 24.6 Å². The highest BCUT2D eigenvalue weighted by Gasteiger charge is 2.03. The Morgan fingerprint density at radius 1 is 1.29 bits per heavy atom. The normalized spacial score (nSPS) is 10.3. The molecule has 0 radical (unpaired) electrons. The highest BCUT2D eigenvalue weighted by molar-refractivity contribution is 6.42. The Bertz CT molecular complexity index is 304. The van der Waals surface area contributed by atoms with Crippen molar-refractivity contribution in [2.45, 2.75) is 6.42 Å². The molecule has 0 spiro atoms. The lowest BCUT2D eigenvalue weighted by Crippen LogP contribution is -2.19. The summed E-state index contributed by atoms with van der Waals surface area (Å²) >= 11 is 11.7. The van der Waals surface area contributed by atoms with Crippen LogP contribution in [0.3, 0.4) is 0 Å². The van der Waals surface area contributed by atoms with Gasteiger partial charge in [-0.1, -0.05) is 23.2 Å². The summed E-state index contributed by atoms with van der Waals surface area (Å²) in [5.74, 6) is 0. The van der Waals surface area contributed by atoms with Gasteiger partial charge in [-0.3, -0.25) is 0 Å². The first-order valence-corrected chi connectivity index (χ1v) is 5.18. The zero-order chi connectivity index (χ0) is 10.6. The molecule has 0 aliphatic heterocycles. The predicted molar refractivity (Wildman–Crippen MR) is 61.4 cm³/mol. The molecule has 1 N–H and O–H groups in total. The molecular weight excluding hydrogens is 221 g/mol. The molecule has 0 fully saturated rings. The molecule has 0 aromatic heterocycles. The van der Waals surface area contributed by atoms with Gasteiger partial charge in [0.2, 0.25) is 0 Å². The van der Waals surface area contributed by atoms with Crippen molar-refractivity contribution in [3.63, 3.8) is 0 Å². The Morgan fingerprint density at radius 3 is 2.57 bits per heavy atom. The molecule has 0 heterocycles. The number of hydrogen-bond donors (Lipinski definition) is 1. The monoisotopic (exact) mass is 233 g/mol. The van der Waals surface area contributed by atoms with E-state index >= 15 is 0 Å². The van der Waals surface area contributed by atoms with Crippen molar-refractivity contribution >= 4 is 28.9 Å².